The first kappa shape index (κ1) is 24.2. The first-order valence-corrected chi connectivity index (χ1v) is 11.0. The largest absolute Gasteiger partial charge is 0.362 e. The van der Waals surface area contributed by atoms with Gasteiger partial charge in [-0.15, -0.1) is 0 Å². The van der Waals surface area contributed by atoms with E-state index in [1.807, 2.05) is 37.2 Å². The summed E-state index contributed by atoms with van der Waals surface area (Å²) in [4.78, 5) is 41.3. The summed E-state index contributed by atoms with van der Waals surface area (Å²) in [6, 6.07) is 14.7. The van der Waals surface area contributed by atoms with Crippen LogP contribution in [0.1, 0.15) is 22.8 Å². The van der Waals surface area contributed by atoms with Crippen LogP contribution in [0.2, 0.25) is 0 Å². The summed E-state index contributed by atoms with van der Waals surface area (Å²) in [6.07, 6.45) is 0.777. The second kappa shape index (κ2) is 10.9. The Bertz CT molecular complexity index is 988. The molecule has 0 spiro atoms. The van der Waals surface area contributed by atoms with Crippen molar-refractivity contribution in [1.82, 2.24) is 15.1 Å². The van der Waals surface area contributed by atoms with E-state index in [0.29, 0.717) is 38.4 Å². The third-order valence-corrected chi connectivity index (χ3v) is 6.04. The highest BCUT2D eigenvalue weighted by Crippen LogP contribution is 2.30. The Morgan fingerprint density at radius 2 is 1.76 bits per heavy atom. The van der Waals surface area contributed by atoms with Crippen LogP contribution in [0.25, 0.3) is 0 Å². The number of amides is 2. The smallest absolute Gasteiger partial charge is 0.293 e. The number of piperazine rings is 1. The van der Waals surface area contributed by atoms with Crippen LogP contribution in [-0.2, 0) is 11.2 Å². The van der Waals surface area contributed by atoms with E-state index in [2.05, 4.69) is 22.3 Å². The molecule has 9 heteroatoms. The lowest BCUT2D eigenvalue weighted by Gasteiger charge is -2.35. The van der Waals surface area contributed by atoms with Crippen LogP contribution in [0, 0.1) is 10.1 Å². The van der Waals surface area contributed by atoms with Gasteiger partial charge in [0.2, 0.25) is 5.91 Å². The van der Waals surface area contributed by atoms with Crippen LogP contribution in [-0.4, -0.2) is 79.4 Å². The number of likely N-dealkylation sites (N-methyl/N-ethyl adjacent to an activating group) is 1. The number of anilines is 1. The van der Waals surface area contributed by atoms with E-state index in [1.54, 1.807) is 17.0 Å². The normalized spacial score (nSPS) is 14.8. The zero-order valence-electron chi connectivity index (χ0n) is 19.4. The third-order valence-electron chi connectivity index (χ3n) is 6.04. The molecule has 2 aromatic rings. The summed E-state index contributed by atoms with van der Waals surface area (Å²) in [5, 5.41) is 14.7. The van der Waals surface area contributed by atoms with Gasteiger partial charge >= 0.3 is 0 Å². The summed E-state index contributed by atoms with van der Waals surface area (Å²) in [5.41, 5.74) is 1.79. The number of nitro benzene ring substituents is 1. The van der Waals surface area contributed by atoms with Gasteiger partial charge in [0.1, 0.15) is 5.69 Å². The van der Waals surface area contributed by atoms with Gasteiger partial charge in [0, 0.05) is 57.3 Å². The molecular formula is C24H31N5O4. The van der Waals surface area contributed by atoms with Crippen molar-refractivity contribution in [3.63, 3.8) is 0 Å². The van der Waals surface area contributed by atoms with Crippen molar-refractivity contribution >= 4 is 23.2 Å². The van der Waals surface area contributed by atoms with E-state index in [-0.39, 0.29) is 29.1 Å². The molecule has 1 heterocycles. The maximum absolute atomic E-state index is 12.8. The van der Waals surface area contributed by atoms with E-state index >= 15 is 0 Å². The predicted molar refractivity (Wildman–Crippen MR) is 128 cm³/mol. The Morgan fingerprint density at radius 3 is 2.33 bits per heavy atom. The van der Waals surface area contributed by atoms with Crippen molar-refractivity contribution < 1.29 is 14.5 Å². The molecule has 0 aliphatic carbocycles. The van der Waals surface area contributed by atoms with Gasteiger partial charge in [0.15, 0.2) is 0 Å². The lowest BCUT2D eigenvalue weighted by Crippen LogP contribution is -2.48. The number of nitrogens with one attached hydrogen (secondary N) is 1. The van der Waals surface area contributed by atoms with Crippen molar-refractivity contribution in [3.05, 3.63) is 69.8 Å². The Kier molecular flexibility index (Phi) is 8.00. The van der Waals surface area contributed by atoms with Gasteiger partial charge < -0.3 is 20.0 Å². The number of hydrogen-bond acceptors (Lipinski definition) is 6. The first-order chi connectivity index (χ1) is 15.8. The number of hydrogen-bond donors (Lipinski definition) is 1. The lowest BCUT2D eigenvalue weighted by atomic mass is 10.0. The Labute approximate surface area is 194 Å². The average Bonchev–Trinajstić information content (AvgIpc) is 2.81. The molecule has 2 amide bonds. The molecule has 3 rings (SSSR count). The topological polar surface area (TPSA) is 99.0 Å². The van der Waals surface area contributed by atoms with Crippen LogP contribution >= 0.6 is 0 Å². The summed E-state index contributed by atoms with van der Waals surface area (Å²) < 4.78 is 0. The fraction of sp³-hybridized carbons (Fsp3) is 0.417. The van der Waals surface area contributed by atoms with Crippen molar-refractivity contribution in [1.29, 1.82) is 0 Å². The maximum atomic E-state index is 12.8. The summed E-state index contributed by atoms with van der Waals surface area (Å²) in [6.45, 7) is 3.99. The van der Waals surface area contributed by atoms with E-state index in [1.165, 1.54) is 18.6 Å². The first-order valence-electron chi connectivity index (χ1n) is 11.0. The molecule has 0 bridgehead atoms. The molecule has 1 N–H and O–H groups in total. The molecule has 1 saturated heterocycles. The molecule has 33 heavy (non-hydrogen) atoms. The van der Waals surface area contributed by atoms with Crippen LogP contribution in [0.3, 0.4) is 0 Å². The van der Waals surface area contributed by atoms with Crippen molar-refractivity contribution in [3.8, 4) is 0 Å². The molecule has 9 nitrogen and oxygen atoms in total. The minimum absolute atomic E-state index is 0.000499. The minimum atomic E-state index is -0.457. The number of benzene rings is 2. The molecular weight excluding hydrogens is 422 g/mol. The van der Waals surface area contributed by atoms with E-state index in [9.17, 15) is 19.7 Å². The number of rotatable bonds is 8. The second-order valence-corrected chi connectivity index (χ2v) is 8.47. The van der Waals surface area contributed by atoms with Gasteiger partial charge in [0.25, 0.3) is 11.6 Å². The van der Waals surface area contributed by atoms with Crippen LogP contribution in [0.15, 0.2) is 48.5 Å². The molecule has 1 unspecified atom stereocenters. The average molecular weight is 454 g/mol. The zero-order chi connectivity index (χ0) is 24.0. The molecule has 1 atom stereocenters. The molecule has 1 fully saturated rings. The van der Waals surface area contributed by atoms with Gasteiger partial charge in [0.05, 0.1) is 4.92 Å². The highest BCUT2D eigenvalue weighted by Gasteiger charge is 2.26. The molecule has 1 aliphatic rings. The predicted octanol–water partition coefficient (Wildman–Crippen LogP) is 2.17. The number of carbonyl (C=O) groups is 2. The molecule has 1 aliphatic heterocycles. The van der Waals surface area contributed by atoms with Gasteiger partial charge in [-0.3, -0.25) is 19.7 Å². The fourth-order valence-corrected chi connectivity index (χ4v) is 3.98. The zero-order valence-corrected chi connectivity index (χ0v) is 19.4. The second-order valence-electron chi connectivity index (χ2n) is 8.47. The maximum Gasteiger partial charge on any atom is 0.293 e. The molecule has 176 valence electrons. The lowest BCUT2D eigenvalue weighted by molar-refractivity contribution is -0.384. The molecule has 0 radical (unpaired) electrons. The third kappa shape index (κ3) is 6.29. The highest BCUT2D eigenvalue weighted by atomic mass is 16.6. The van der Waals surface area contributed by atoms with Crippen LogP contribution in [0.4, 0.5) is 11.4 Å². The van der Waals surface area contributed by atoms with E-state index in [4.69, 9.17) is 0 Å². The van der Waals surface area contributed by atoms with Crippen LogP contribution < -0.4 is 10.2 Å². The Morgan fingerprint density at radius 1 is 1.09 bits per heavy atom. The van der Waals surface area contributed by atoms with Crippen molar-refractivity contribution in [2.45, 2.75) is 19.4 Å². The van der Waals surface area contributed by atoms with Crippen LogP contribution in [0.5, 0.6) is 0 Å². The molecule has 0 saturated carbocycles. The van der Waals surface area contributed by atoms with Crippen molar-refractivity contribution in [2.24, 2.45) is 0 Å². The summed E-state index contributed by atoms with van der Waals surface area (Å²) in [7, 11) is 3.93. The highest BCUT2D eigenvalue weighted by molar-refractivity contribution is 5.95. The summed E-state index contributed by atoms with van der Waals surface area (Å²) >= 11 is 0. The minimum Gasteiger partial charge on any atom is -0.362 e. The van der Waals surface area contributed by atoms with E-state index < -0.39 is 4.92 Å². The fourth-order valence-electron chi connectivity index (χ4n) is 3.98. The SMILES string of the molecule is CC(=O)N1CCN(c2ccc(C(=O)NCC(Cc3ccccc3)N(C)C)cc2[N+](=O)[O-])CC1. The summed E-state index contributed by atoms with van der Waals surface area (Å²) in [5.74, 6) is -0.342. The molecule has 0 aromatic heterocycles. The monoisotopic (exact) mass is 453 g/mol. The van der Waals surface area contributed by atoms with Gasteiger partial charge in [-0.1, -0.05) is 30.3 Å². The Hall–Kier alpha value is -3.46. The standard InChI is InChI=1S/C24H31N5O4/c1-18(30)27-11-13-28(14-12-27)22-10-9-20(16-23(22)29(32)33)24(31)25-17-21(26(2)3)15-19-7-5-4-6-8-19/h4-10,16,21H,11-15,17H2,1-3H3,(H,25,31). The quantitative estimate of drug-likeness (QED) is 0.486. The van der Waals surface area contributed by atoms with E-state index in [0.717, 1.165) is 6.42 Å². The number of nitro groups is 1. The number of carbonyl (C=O) groups excluding carboxylic acids is 2. The van der Waals surface area contributed by atoms with Gasteiger partial charge in [-0.05, 0) is 38.2 Å². The molecule has 2 aromatic carbocycles. The van der Waals surface area contributed by atoms with Crippen molar-refractivity contribution in [2.75, 3.05) is 51.7 Å². The van der Waals surface area contributed by atoms with Gasteiger partial charge in [-0.25, -0.2) is 0 Å². The van der Waals surface area contributed by atoms with Gasteiger partial charge in [-0.2, -0.15) is 0 Å². The number of nitrogens with zero attached hydrogens (tertiary/aromatic N) is 4. The Balaban J connectivity index is 1.68.